The number of benzene rings is 1. The minimum Gasteiger partial charge on any atom is -0.384 e. The van der Waals surface area contributed by atoms with E-state index in [9.17, 15) is 4.79 Å². The summed E-state index contributed by atoms with van der Waals surface area (Å²) in [4.78, 5) is 12.0. The van der Waals surface area contributed by atoms with Gasteiger partial charge in [0.2, 0.25) is 5.13 Å². The minimum atomic E-state index is -0.307. The normalized spacial score (nSPS) is 10.6. The number of aromatic nitrogens is 2. The van der Waals surface area contributed by atoms with Gasteiger partial charge in [0.1, 0.15) is 0 Å². The number of hydrogen-bond donors (Lipinski definition) is 1. The number of nitrogens with one attached hydrogen (secondary N) is 1. The Labute approximate surface area is 140 Å². The van der Waals surface area contributed by atoms with Gasteiger partial charge in [-0.3, -0.25) is 10.1 Å². The van der Waals surface area contributed by atoms with E-state index in [-0.39, 0.29) is 5.91 Å². The molecule has 112 valence electrons. The second kappa shape index (κ2) is 7.95. The van der Waals surface area contributed by atoms with Crippen LogP contribution in [0.3, 0.4) is 0 Å². The number of carbonyl (C=O) groups is 1. The Kier molecular flexibility index (Phi) is 6.25. The Bertz CT molecular complexity index is 637. The number of ether oxygens (including phenoxy) is 1. The summed E-state index contributed by atoms with van der Waals surface area (Å²) in [7, 11) is 1.64. The Balaban J connectivity index is 1.97. The molecule has 2 aromatic rings. The zero-order valence-corrected chi connectivity index (χ0v) is 14.1. The number of nitrogens with zero attached hydrogens (tertiary/aromatic N) is 2. The minimum absolute atomic E-state index is 0.307. The maximum absolute atomic E-state index is 12.0. The van der Waals surface area contributed by atoms with Crippen LogP contribution in [0.25, 0.3) is 0 Å². The number of carbonyl (C=O) groups excluding carboxylic acids is 1. The zero-order valence-electron chi connectivity index (χ0n) is 10.9. The van der Waals surface area contributed by atoms with Crippen LogP contribution in [0.1, 0.15) is 10.4 Å². The average molecular weight is 364 g/mol. The van der Waals surface area contributed by atoms with Gasteiger partial charge in [-0.05, 0) is 18.2 Å². The van der Waals surface area contributed by atoms with Crippen LogP contribution in [-0.2, 0) is 4.74 Å². The molecule has 0 aliphatic rings. The molecule has 1 aromatic heterocycles. The van der Waals surface area contributed by atoms with E-state index in [2.05, 4.69) is 15.5 Å². The van der Waals surface area contributed by atoms with Crippen molar-refractivity contribution < 1.29 is 9.53 Å². The predicted octanol–water partition coefficient (Wildman–Crippen LogP) is 3.84. The molecule has 1 amide bonds. The molecule has 0 atom stereocenters. The van der Waals surface area contributed by atoms with E-state index in [0.29, 0.717) is 27.3 Å². The van der Waals surface area contributed by atoms with Crippen LogP contribution in [0.5, 0.6) is 0 Å². The lowest BCUT2D eigenvalue weighted by Gasteiger charge is -2.02. The smallest absolute Gasteiger partial charge is 0.257 e. The van der Waals surface area contributed by atoms with Crippen LogP contribution in [0.4, 0.5) is 5.13 Å². The van der Waals surface area contributed by atoms with Gasteiger partial charge >= 0.3 is 0 Å². The lowest BCUT2D eigenvalue weighted by Crippen LogP contribution is -2.11. The molecular formula is C12H11Cl2N3O2S2. The van der Waals surface area contributed by atoms with Crippen molar-refractivity contribution in [3.8, 4) is 0 Å². The Morgan fingerprint density at radius 3 is 2.90 bits per heavy atom. The van der Waals surface area contributed by atoms with Gasteiger partial charge in [-0.15, -0.1) is 10.2 Å². The maximum Gasteiger partial charge on any atom is 0.257 e. The Hall–Kier alpha value is -0.860. The highest BCUT2D eigenvalue weighted by molar-refractivity contribution is 8.01. The second-order valence-corrected chi connectivity index (χ2v) is 6.93. The van der Waals surface area contributed by atoms with Crippen LogP contribution in [-0.4, -0.2) is 35.6 Å². The summed E-state index contributed by atoms with van der Waals surface area (Å²) < 4.78 is 5.73. The summed E-state index contributed by atoms with van der Waals surface area (Å²) in [6.45, 7) is 0.634. The second-order valence-electron chi connectivity index (χ2n) is 3.80. The van der Waals surface area contributed by atoms with Crippen molar-refractivity contribution in [2.24, 2.45) is 0 Å². The third kappa shape index (κ3) is 4.82. The molecule has 0 saturated heterocycles. The lowest BCUT2D eigenvalue weighted by atomic mass is 10.2. The van der Waals surface area contributed by atoms with Crippen molar-refractivity contribution in [3.63, 3.8) is 0 Å². The molecule has 21 heavy (non-hydrogen) atoms. The van der Waals surface area contributed by atoms with Crippen LogP contribution >= 0.6 is 46.3 Å². The molecule has 5 nitrogen and oxygen atoms in total. The number of anilines is 1. The van der Waals surface area contributed by atoms with Gasteiger partial charge in [-0.25, -0.2) is 0 Å². The summed E-state index contributed by atoms with van der Waals surface area (Å²) in [5.41, 5.74) is 0.410. The first-order chi connectivity index (χ1) is 10.1. The standard InChI is InChI=1S/C12H11Cl2N3O2S2/c1-19-4-5-20-12-17-16-11(21-12)15-10(18)7-2-3-8(13)9(14)6-7/h2-3,6H,4-5H2,1H3,(H,15,16,18). The van der Waals surface area contributed by atoms with E-state index in [1.165, 1.54) is 29.2 Å². The molecule has 0 aliphatic heterocycles. The van der Waals surface area contributed by atoms with Crippen molar-refractivity contribution in [2.45, 2.75) is 4.34 Å². The van der Waals surface area contributed by atoms with Crippen molar-refractivity contribution in [1.82, 2.24) is 10.2 Å². The first kappa shape index (κ1) is 16.5. The number of methoxy groups -OCH3 is 1. The van der Waals surface area contributed by atoms with Crippen molar-refractivity contribution in [2.75, 3.05) is 24.8 Å². The van der Waals surface area contributed by atoms with Gasteiger partial charge in [0, 0.05) is 18.4 Å². The number of amides is 1. The molecule has 1 aromatic carbocycles. The van der Waals surface area contributed by atoms with Gasteiger partial charge in [-0.2, -0.15) is 0 Å². The topological polar surface area (TPSA) is 64.1 Å². The monoisotopic (exact) mass is 363 g/mol. The van der Waals surface area contributed by atoms with Crippen LogP contribution in [0.15, 0.2) is 22.5 Å². The Morgan fingerprint density at radius 1 is 1.38 bits per heavy atom. The molecular weight excluding hydrogens is 353 g/mol. The summed E-state index contributed by atoms with van der Waals surface area (Å²) in [5, 5.41) is 11.7. The summed E-state index contributed by atoms with van der Waals surface area (Å²) in [6.07, 6.45) is 0. The van der Waals surface area contributed by atoms with Crippen LogP contribution < -0.4 is 5.32 Å². The van der Waals surface area contributed by atoms with Crippen LogP contribution in [0.2, 0.25) is 10.0 Å². The summed E-state index contributed by atoms with van der Waals surface area (Å²) >= 11 is 14.5. The lowest BCUT2D eigenvalue weighted by molar-refractivity contribution is 0.102. The van der Waals surface area contributed by atoms with E-state index in [1.807, 2.05) is 0 Å². The van der Waals surface area contributed by atoms with Gasteiger partial charge in [0.05, 0.1) is 16.7 Å². The molecule has 0 aliphatic carbocycles. The third-order valence-electron chi connectivity index (χ3n) is 2.32. The van der Waals surface area contributed by atoms with Gasteiger partial charge in [0.25, 0.3) is 5.91 Å². The maximum atomic E-state index is 12.0. The number of hydrogen-bond acceptors (Lipinski definition) is 6. The molecule has 0 saturated carbocycles. The van der Waals surface area contributed by atoms with Crippen molar-refractivity contribution >= 4 is 57.3 Å². The number of halogens is 2. The molecule has 0 unspecified atom stereocenters. The zero-order chi connectivity index (χ0) is 15.2. The first-order valence-corrected chi connectivity index (χ1v) is 8.37. The molecule has 2 rings (SSSR count). The van der Waals surface area contributed by atoms with Gasteiger partial charge in [-0.1, -0.05) is 46.3 Å². The van der Waals surface area contributed by atoms with Crippen molar-refractivity contribution in [1.29, 1.82) is 0 Å². The number of rotatable bonds is 6. The highest BCUT2D eigenvalue weighted by Crippen LogP contribution is 2.26. The van der Waals surface area contributed by atoms with E-state index in [1.54, 1.807) is 19.2 Å². The highest BCUT2D eigenvalue weighted by atomic mass is 35.5. The van der Waals surface area contributed by atoms with E-state index in [0.717, 1.165) is 10.1 Å². The van der Waals surface area contributed by atoms with Crippen molar-refractivity contribution in [3.05, 3.63) is 33.8 Å². The Morgan fingerprint density at radius 2 is 2.19 bits per heavy atom. The quantitative estimate of drug-likeness (QED) is 0.479. The third-order valence-corrected chi connectivity index (χ3v) is 5.00. The molecule has 1 heterocycles. The molecule has 9 heteroatoms. The SMILES string of the molecule is COCCSc1nnc(NC(=O)c2ccc(Cl)c(Cl)c2)s1. The molecule has 0 spiro atoms. The van der Waals surface area contributed by atoms with Gasteiger partial charge < -0.3 is 4.74 Å². The van der Waals surface area contributed by atoms with E-state index < -0.39 is 0 Å². The van der Waals surface area contributed by atoms with E-state index >= 15 is 0 Å². The fraction of sp³-hybridized carbons (Fsp3) is 0.250. The van der Waals surface area contributed by atoms with Gasteiger partial charge in [0.15, 0.2) is 4.34 Å². The predicted molar refractivity (Wildman–Crippen MR) is 86.9 cm³/mol. The molecule has 0 fully saturated rings. The first-order valence-electron chi connectivity index (χ1n) is 5.82. The molecule has 0 bridgehead atoms. The molecule has 0 radical (unpaired) electrons. The summed E-state index contributed by atoms with van der Waals surface area (Å²) in [5.74, 6) is 0.476. The van der Waals surface area contributed by atoms with Crippen LogP contribution in [0, 0.1) is 0 Å². The van der Waals surface area contributed by atoms with E-state index in [4.69, 9.17) is 27.9 Å². The largest absolute Gasteiger partial charge is 0.384 e. The molecule has 1 N–H and O–H groups in total. The fourth-order valence-electron chi connectivity index (χ4n) is 1.34. The fourth-order valence-corrected chi connectivity index (χ4v) is 3.35. The highest BCUT2D eigenvalue weighted by Gasteiger charge is 2.11. The summed E-state index contributed by atoms with van der Waals surface area (Å²) in [6, 6.07) is 4.68. The number of thioether (sulfide) groups is 1. The average Bonchev–Trinajstić information content (AvgIpc) is 2.89.